The predicted molar refractivity (Wildman–Crippen MR) is 68.0 cm³/mol. The van der Waals surface area contributed by atoms with Crippen LogP contribution in [0.5, 0.6) is 0 Å². The molecule has 5 nitrogen and oxygen atoms in total. The average Bonchev–Trinajstić information content (AvgIpc) is 3.00. The van der Waals surface area contributed by atoms with Gasteiger partial charge in [0.2, 0.25) is 11.8 Å². The SMILES string of the molecule is CCc1cnc(CNCC(=O)NC2CCCC2)o1. The Bertz CT molecular complexity index is 383. The number of hydrogen-bond acceptors (Lipinski definition) is 4. The summed E-state index contributed by atoms with van der Waals surface area (Å²) in [7, 11) is 0. The van der Waals surface area contributed by atoms with Crippen LogP contribution in [0.15, 0.2) is 10.6 Å². The first-order chi connectivity index (χ1) is 8.78. The van der Waals surface area contributed by atoms with Crippen molar-refractivity contribution in [3.63, 3.8) is 0 Å². The van der Waals surface area contributed by atoms with Crippen LogP contribution in [0.3, 0.4) is 0 Å². The lowest BCUT2D eigenvalue weighted by atomic mass is 10.2. The highest BCUT2D eigenvalue weighted by Gasteiger charge is 2.16. The summed E-state index contributed by atoms with van der Waals surface area (Å²) >= 11 is 0. The van der Waals surface area contributed by atoms with E-state index in [1.165, 1.54) is 12.8 Å². The highest BCUT2D eigenvalue weighted by molar-refractivity contribution is 5.78. The fourth-order valence-electron chi connectivity index (χ4n) is 2.23. The van der Waals surface area contributed by atoms with Gasteiger partial charge in [0.1, 0.15) is 5.76 Å². The first-order valence-electron chi connectivity index (χ1n) is 6.71. The Kier molecular flexibility index (Phi) is 4.75. The van der Waals surface area contributed by atoms with Gasteiger partial charge in [-0.25, -0.2) is 4.98 Å². The Morgan fingerprint density at radius 2 is 2.28 bits per heavy atom. The normalized spacial score (nSPS) is 16.1. The van der Waals surface area contributed by atoms with Gasteiger partial charge in [-0.2, -0.15) is 0 Å². The van der Waals surface area contributed by atoms with Crippen LogP contribution in [0, 0.1) is 0 Å². The maximum absolute atomic E-state index is 11.6. The van der Waals surface area contributed by atoms with E-state index in [-0.39, 0.29) is 5.91 Å². The second kappa shape index (κ2) is 6.54. The van der Waals surface area contributed by atoms with E-state index >= 15 is 0 Å². The number of amides is 1. The van der Waals surface area contributed by atoms with E-state index < -0.39 is 0 Å². The molecule has 0 atom stereocenters. The zero-order valence-corrected chi connectivity index (χ0v) is 10.9. The Morgan fingerprint density at radius 3 is 2.94 bits per heavy atom. The molecule has 5 heteroatoms. The lowest BCUT2D eigenvalue weighted by molar-refractivity contribution is -0.120. The van der Waals surface area contributed by atoms with E-state index in [1.807, 2.05) is 6.92 Å². The number of carbonyl (C=O) groups is 1. The lowest BCUT2D eigenvalue weighted by Gasteiger charge is -2.11. The van der Waals surface area contributed by atoms with E-state index in [2.05, 4.69) is 15.6 Å². The summed E-state index contributed by atoms with van der Waals surface area (Å²) in [6.45, 7) is 2.84. The van der Waals surface area contributed by atoms with Crippen LogP contribution in [0.25, 0.3) is 0 Å². The molecule has 0 aromatic carbocycles. The van der Waals surface area contributed by atoms with Gasteiger partial charge in [-0.05, 0) is 12.8 Å². The molecule has 1 saturated carbocycles. The second-order valence-corrected chi connectivity index (χ2v) is 4.73. The van der Waals surface area contributed by atoms with Gasteiger partial charge in [-0.15, -0.1) is 0 Å². The quantitative estimate of drug-likeness (QED) is 0.801. The minimum atomic E-state index is 0.0594. The molecule has 18 heavy (non-hydrogen) atoms. The van der Waals surface area contributed by atoms with Crippen LogP contribution < -0.4 is 10.6 Å². The van der Waals surface area contributed by atoms with Crippen molar-refractivity contribution in [1.82, 2.24) is 15.6 Å². The molecule has 1 aromatic heterocycles. The molecular weight excluding hydrogens is 230 g/mol. The predicted octanol–water partition coefficient (Wildman–Crippen LogP) is 1.39. The highest BCUT2D eigenvalue weighted by Crippen LogP contribution is 2.17. The molecule has 1 aromatic rings. The number of oxazole rings is 1. The molecule has 0 radical (unpaired) electrons. The van der Waals surface area contributed by atoms with Crippen molar-refractivity contribution in [3.8, 4) is 0 Å². The molecule has 1 aliphatic carbocycles. The standard InChI is InChI=1S/C13H21N3O2/c1-2-11-7-15-13(18-11)9-14-8-12(17)16-10-5-3-4-6-10/h7,10,14H,2-6,8-9H2,1H3,(H,16,17). The monoisotopic (exact) mass is 251 g/mol. The topological polar surface area (TPSA) is 67.2 Å². The Hall–Kier alpha value is -1.36. The van der Waals surface area contributed by atoms with Crippen LogP contribution in [-0.4, -0.2) is 23.5 Å². The molecular formula is C13H21N3O2. The van der Waals surface area contributed by atoms with Crippen molar-refractivity contribution in [1.29, 1.82) is 0 Å². The van der Waals surface area contributed by atoms with Gasteiger partial charge in [0.25, 0.3) is 0 Å². The van der Waals surface area contributed by atoms with Crippen LogP contribution >= 0.6 is 0 Å². The maximum Gasteiger partial charge on any atom is 0.234 e. The largest absolute Gasteiger partial charge is 0.444 e. The molecule has 0 spiro atoms. The van der Waals surface area contributed by atoms with Crippen molar-refractivity contribution >= 4 is 5.91 Å². The van der Waals surface area contributed by atoms with Gasteiger partial charge in [0.05, 0.1) is 19.3 Å². The van der Waals surface area contributed by atoms with Crippen LogP contribution in [0.4, 0.5) is 0 Å². The second-order valence-electron chi connectivity index (χ2n) is 4.73. The molecule has 2 rings (SSSR count). The molecule has 0 saturated heterocycles. The van der Waals surface area contributed by atoms with Gasteiger partial charge in [0, 0.05) is 12.5 Å². The summed E-state index contributed by atoms with van der Waals surface area (Å²) in [6, 6.07) is 0.382. The van der Waals surface area contributed by atoms with Gasteiger partial charge < -0.3 is 9.73 Å². The molecule has 0 bridgehead atoms. The zero-order valence-electron chi connectivity index (χ0n) is 10.9. The van der Waals surface area contributed by atoms with Crippen molar-refractivity contribution in [2.75, 3.05) is 6.54 Å². The molecule has 1 amide bonds. The maximum atomic E-state index is 11.6. The third-order valence-electron chi connectivity index (χ3n) is 3.23. The summed E-state index contributed by atoms with van der Waals surface area (Å²) in [4.78, 5) is 15.8. The summed E-state index contributed by atoms with van der Waals surface area (Å²) in [5.41, 5.74) is 0. The summed E-state index contributed by atoms with van der Waals surface area (Å²) in [5, 5.41) is 6.07. The smallest absolute Gasteiger partial charge is 0.234 e. The van der Waals surface area contributed by atoms with E-state index in [0.717, 1.165) is 25.0 Å². The Balaban J connectivity index is 1.63. The number of hydrogen-bond donors (Lipinski definition) is 2. The minimum absolute atomic E-state index is 0.0594. The van der Waals surface area contributed by atoms with Crippen LogP contribution in [-0.2, 0) is 17.8 Å². The van der Waals surface area contributed by atoms with E-state index in [1.54, 1.807) is 6.20 Å². The van der Waals surface area contributed by atoms with Gasteiger partial charge >= 0.3 is 0 Å². The third-order valence-corrected chi connectivity index (χ3v) is 3.23. The minimum Gasteiger partial charge on any atom is -0.444 e. The highest BCUT2D eigenvalue weighted by atomic mass is 16.4. The van der Waals surface area contributed by atoms with Crippen molar-refractivity contribution < 1.29 is 9.21 Å². The number of aromatic nitrogens is 1. The Morgan fingerprint density at radius 1 is 1.50 bits per heavy atom. The van der Waals surface area contributed by atoms with E-state index in [0.29, 0.717) is 25.0 Å². The first-order valence-corrected chi connectivity index (χ1v) is 6.71. The summed E-state index contributed by atoms with van der Waals surface area (Å²) < 4.78 is 5.44. The number of nitrogens with one attached hydrogen (secondary N) is 2. The molecule has 2 N–H and O–H groups in total. The molecule has 0 aliphatic heterocycles. The zero-order chi connectivity index (χ0) is 12.8. The fraction of sp³-hybridized carbons (Fsp3) is 0.692. The van der Waals surface area contributed by atoms with Crippen molar-refractivity contribution in [2.24, 2.45) is 0 Å². The number of nitrogens with zero attached hydrogens (tertiary/aromatic N) is 1. The molecule has 1 aliphatic rings. The van der Waals surface area contributed by atoms with Crippen molar-refractivity contribution in [3.05, 3.63) is 17.8 Å². The molecule has 100 valence electrons. The fourth-order valence-corrected chi connectivity index (χ4v) is 2.23. The van der Waals surface area contributed by atoms with E-state index in [4.69, 9.17) is 4.42 Å². The van der Waals surface area contributed by atoms with Gasteiger partial charge in [-0.3, -0.25) is 10.1 Å². The van der Waals surface area contributed by atoms with Gasteiger partial charge in [-0.1, -0.05) is 19.8 Å². The van der Waals surface area contributed by atoms with Crippen LogP contribution in [0.2, 0.25) is 0 Å². The average molecular weight is 251 g/mol. The summed E-state index contributed by atoms with van der Waals surface area (Å²) in [6.07, 6.45) is 7.27. The van der Waals surface area contributed by atoms with Gasteiger partial charge in [0.15, 0.2) is 0 Å². The van der Waals surface area contributed by atoms with Crippen LogP contribution in [0.1, 0.15) is 44.3 Å². The number of carbonyl (C=O) groups excluding carboxylic acids is 1. The lowest BCUT2D eigenvalue weighted by Crippen LogP contribution is -2.38. The molecule has 1 heterocycles. The number of rotatable bonds is 6. The molecule has 0 unspecified atom stereocenters. The van der Waals surface area contributed by atoms with E-state index in [9.17, 15) is 4.79 Å². The van der Waals surface area contributed by atoms with Crippen molar-refractivity contribution in [2.45, 2.75) is 51.6 Å². The molecule has 1 fully saturated rings. The Labute approximate surface area is 107 Å². The first kappa shape index (κ1) is 13.1. The summed E-state index contributed by atoms with van der Waals surface area (Å²) in [5.74, 6) is 1.58. The third kappa shape index (κ3) is 3.84. The number of aryl methyl sites for hydroxylation is 1.